The second kappa shape index (κ2) is 8.81. The number of aliphatic hydroxyl groups excluding tert-OH is 5. The van der Waals surface area contributed by atoms with Crippen LogP contribution >= 0.6 is 0 Å². The molecule has 0 saturated heterocycles. The van der Waals surface area contributed by atoms with Gasteiger partial charge < -0.3 is 40.9 Å². The molecule has 3 fully saturated rings. The van der Waals surface area contributed by atoms with Crippen molar-refractivity contribution in [1.82, 2.24) is 0 Å². The van der Waals surface area contributed by atoms with Gasteiger partial charge in [0.05, 0.1) is 47.8 Å². The summed E-state index contributed by atoms with van der Waals surface area (Å²) in [6.07, 6.45) is -1.82. The maximum absolute atomic E-state index is 13.3. The third-order valence-electron chi connectivity index (χ3n) is 10.7. The van der Waals surface area contributed by atoms with Gasteiger partial charge in [-0.05, 0) is 81.8 Å². The number of carbonyl (C=O) groups is 1. The molecule has 9 nitrogen and oxygen atoms in total. The summed E-state index contributed by atoms with van der Waals surface area (Å²) in [6.45, 7) is 6.10. The lowest BCUT2D eigenvalue weighted by Gasteiger charge is -2.62. The molecule has 4 aliphatic rings. The van der Waals surface area contributed by atoms with Gasteiger partial charge in [-0.25, -0.2) is 0 Å². The van der Waals surface area contributed by atoms with Crippen LogP contribution in [0.5, 0.6) is 0 Å². The third-order valence-corrected chi connectivity index (χ3v) is 10.7. The minimum Gasteiger partial charge on any atom is -0.393 e. The van der Waals surface area contributed by atoms with Crippen LogP contribution in [0, 0.1) is 28.6 Å². The van der Waals surface area contributed by atoms with Crippen LogP contribution in [-0.2, 0) is 4.79 Å². The first-order valence-corrected chi connectivity index (χ1v) is 13.2. The first-order valence-electron chi connectivity index (χ1n) is 13.2. The summed E-state index contributed by atoms with van der Waals surface area (Å²) in [7, 11) is 0. The summed E-state index contributed by atoms with van der Waals surface area (Å²) in [6, 6.07) is 0. The number of rotatable bonds is 6. The van der Waals surface area contributed by atoms with Crippen LogP contribution in [0.15, 0.2) is 11.6 Å². The Morgan fingerprint density at radius 2 is 1.72 bits per heavy atom. The second-order valence-electron chi connectivity index (χ2n) is 13.2. The SMILES string of the molecule is C[C@@](O)(CO)CC[C@@H](O)[C@](C)(O)[C@H]1CC[C@@]2(O)C3=CC(=O)[C@@H]4C[C@@H](O)[C@@H](O)C[C@]4(C)[C@H]3[C@H](O)C[C@]12C. The Morgan fingerprint density at radius 1 is 1.08 bits per heavy atom. The van der Waals surface area contributed by atoms with E-state index in [1.807, 2.05) is 6.92 Å². The lowest BCUT2D eigenvalue weighted by Crippen LogP contribution is -2.66. The van der Waals surface area contributed by atoms with E-state index in [-0.39, 0.29) is 44.3 Å². The number of fused-ring (bicyclic) bond motifs is 5. The van der Waals surface area contributed by atoms with Gasteiger partial charge in [0, 0.05) is 17.3 Å². The normalized spacial score (nSPS) is 48.7. The third kappa shape index (κ3) is 3.93. The summed E-state index contributed by atoms with van der Waals surface area (Å²) in [5.41, 5.74) is -6.06. The molecule has 4 rings (SSSR count). The molecule has 206 valence electrons. The van der Waals surface area contributed by atoms with Crippen LogP contribution in [0.3, 0.4) is 0 Å². The van der Waals surface area contributed by atoms with Crippen molar-refractivity contribution < 1.29 is 45.6 Å². The molecule has 0 heterocycles. The Hall–Kier alpha value is -0.910. The summed E-state index contributed by atoms with van der Waals surface area (Å²) < 4.78 is 0. The highest BCUT2D eigenvalue weighted by atomic mass is 16.3. The van der Waals surface area contributed by atoms with Crippen molar-refractivity contribution in [2.45, 2.75) is 114 Å². The number of allylic oxidation sites excluding steroid dienone is 1. The summed E-state index contributed by atoms with van der Waals surface area (Å²) >= 11 is 0. The van der Waals surface area contributed by atoms with Crippen molar-refractivity contribution in [3.8, 4) is 0 Å². The molecule has 0 aromatic carbocycles. The minimum atomic E-state index is -1.67. The zero-order valence-electron chi connectivity index (χ0n) is 21.8. The molecule has 36 heavy (non-hydrogen) atoms. The molecule has 4 aliphatic carbocycles. The average molecular weight is 513 g/mol. The quantitative estimate of drug-likeness (QED) is 0.239. The standard InChI is InChI=1S/C27H44O9/c1-23(34,13-28)7-6-21(33)26(4,35)20-5-8-27(36)15-10-16(29)14-9-17(30)18(31)11-24(14,2)22(15)19(32)12-25(20,27)3/h10,14,17-22,28,30-36H,5-9,11-13H2,1-4H3/t14-,17+,18-,19+,20-,21+,22+,23-,24-,25+,26+,27+/m0/s1. The van der Waals surface area contributed by atoms with E-state index < -0.39 is 76.4 Å². The smallest absolute Gasteiger partial charge is 0.159 e. The zero-order valence-corrected chi connectivity index (χ0v) is 21.8. The Kier molecular flexibility index (Phi) is 6.88. The van der Waals surface area contributed by atoms with Gasteiger partial charge in [-0.2, -0.15) is 0 Å². The first-order chi connectivity index (χ1) is 16.4. The zero-order chi connectivity index (χ0) is 27.1. The molecule has 0 radical (unpaired) electrons. The predicted octanol–water partition coefficient (Wildman–Crippen LogP) is -0.203. The Morgan fingerprint density at radius 3 is 2.33 bits per heavy atom. The number of aliphatic hydroxyl groups is 8. The molecular weight excluding hydrogens is 468 g/mol. The molecule has 8 N–H and O–H groups in total. The molecular formula is C27H44O9. The van der Waals surface area contributed by atoms with Gasteiger partial charge in [-0.15, -0.1) is 0 Å². The fourth-order valence-electron chi connectivity index (χ4n) is 8.48. The molecule has 0 aromatic rings. The highest BCUT2D eigenvalue weighted by molar-refractivity contribution is 5.95. The van der Waals surface area contributed by atoms with E-state index in [0.717, 1.165) is 0 Å². The molecule has 0 spiro atoms. The predicted molar refractivity (Wildman–Crippen MR) is 129 cm³/mol. The van der Waals surface area contributed by atoms with Crippen LogP contribution in [0.1, 0.15) is 72.6 Å². The largest absolute Gasteiger partial charge is 0.393 e. The van der Waals surface area contributed by atoms with E-state index >= 15 is 0 Å². The highest BCUT2D eigenvalue weighted by Gasteiger charge is 2.71. The van der Waals surface area contributed by atoms with Crippen molar-refractivity contribution in [3.63, 3.8) is 0 Å². The molecule has 0 aromatic heterocycles. The highest BCUT2D eigenvalue weighted by Crippen LogP contribution is 2.68. The molecule has 9 heteroatoms. The van der Waals surface area contributed by atoms with Crippen molar-refractivity contribution in [2.24, 2.45) is 28.6 Å². The number of hydrogen-bond acceptors (Lipinski definition) is 9. The van der Waals surface area contributed by atoms with Crippen LogP contribution < -0.4 is 0 Å². The Balaban J connectivity index is 1.69. The van der Waals surface area contributed by atoms with E-state index in [1.54, 1.807) is 6.92 Å². The maximum Gasteiger partial charge on any atom is 0.159 e. The molecule has 3 saturated carbocycles. The number of carbonyl (C=O) groups excluding carboxylic acids is 1. The molecule has 0 aliphatic heterocycles. The van der Waals surface area contributed by atoms with Crippen molar-refractivity contribution in [2.75, 3.05) is 6.61 Å². The molecule has 0 amide bonds. The fraction of sp³-hybridized carbons (Fsp3) is 0.889. The van der Waals surface area contributed by atoms with E-state index in [2.05, 4.69) is 0 Å². The lowest BCUT2D eigenvalue weighted by molar-refractivity contribution is -0.197. The number of hydrogen-bond donors (Lipinski definition) is 8. The summed E-state index contributed by atoms with van der Waals surface area (Å²) in [5, 5.41) is 86.4. The van der Waals surface area contributed by atoms with Gasteiger partial charge in [-0.1, -0.05) is 13.8 Å². The second-order valence-corrected chi connectivity index (χ2v) is 13.2. The van der Waals surface area contributed by atoms with E-state index in [4.69, 9.17) is 0 Å². The molecule has 0 bridgehead atoms. The van der Waals surface area contributed by atoms with Gasteiger partial charge in [0.25, 0.3) is 0 Å². The minimum absolute atomic E-state index is 0.0257. The molecule has 12 atom stereocenters. The first kappa shape index (κ1) is 28.1. The van der Waals surface area contributed by atoms with Gasteiger partial charge in [0.1, 0.15) is 0 Å². The Bertz CT molecular complexity index is 915. The number of ketones is 1. The molecule has 0 unspecified atom stereocenters. The summed E-state index contributed by atoms with van der Waals surface area (Å²) in [5.74, 6) is -2.02. The van der Waals surface area contributed by atoms with E-state index in [9.17, 15) is 45.6 Å². The maximum atomic E-state index is 13.3. The monoisotopic (exact) mass is 512 g/mol. The fourth-order valence-corrected chi connectivity index (χ4v) is 8.48. The lowest BCUT2D eigenvalue weighted by atomic mass is 9.45. The van der Waals surface area contributed by atoms with Crippen LogP contribution in [-0.4, -0.2) is 94.5 Å². The van der Waals surface area contributed by atoms with Crippen molar-refractivity contribution >= 4 is 5.78 Å². The van der Waals surface area contributed by atoms with Crippen molar-refractivity contribution in [1.29, 1.82) is 0 Å². The Labute approximate surface area is 212 Å². The van der Waals surface area contributed by atoms with Gasteiger partial charge >= 0.3 is 0 Å². The van der Waals surface area contributed by atoms with Crippen LogP contribution in [0.4, 0.5) is 0 Å². The van der Waals surface area contributed by atoms with Gasteiger partial charge in [0.2, 0.25) is 0 Å². The topological polar surface area (TPSA) is 179 Å². The summed E-state index contributed by atoms with van der Waals surface area (Å²) in [4.78, 5) is 13.3. The van der Waals surface area contributed by atoms with Crippen LogP contribution in [0.2, 0.25) is 0 Å². The van der Waals surface area contributed by atoms with Crippen LogP contribution in [0.25, 0.3) is 0 Å². The van der Waals surface area contributed by atoms with E-state index in [1.165, 1.54) is 19.9 Å². The van der Waals surface area contributed by atoms with Gasteiger partial charge in [0.15, 0.2) is 5.78 Å². The van der Waals surface area contributed by atoms with Gasteiger partial charge in [-0.3, -0.25) is 4.79 Å². The average Bonchev–Trinajstić information content (AvgIpc) is 3.05. The van der Waals surface area contributed by atoms with Crippen molar-refractivity contribution in [3.05, 3.63) is 11.6 Å². The van der Waals surface area contributed by atoms with E-state index in [0.29, 0.717) is 12.0 Å².